The molecule has 1 aromatic carbocycles. The SMILES string of the molecule is OCc1ccnc(C[C@@H]2CCOc3ccccc3C2)c1. The van der Waals surface area contributed by atoms with Crippen LogP contribution >= 0.6 is 0 Å². The molecule has 0 saturated heterocycles. The minimum atomic E-state index is 0.0755. The van der Waals surface area contributed by atoms with E-state index in [0.717, 1.165) is 42.9 Å². The summed E-state index contributed by atoms with van der Waals surface area (Å²) in [5, 5.41) is 9.20. The summed E-state index contributed by atoms with van der Waals surface area (Å²) in [6, 6.07) is 12.1. The average Bonchev–Trinajstić information content (AvgIpc) is 2.69. The van der Waals surface area contributed by atoms with Gasteiger partial charge in [-0.05, 0) is 54.5 Å². The fraction of sp³-hybridized carbons (Fsp3) is 0.353. The predicted molar refractivity (Wildman–Crippen MR) is 77.6 cm³/mol. The van der Waals surface area contributed by atoms with Gasteiger partial charge in [-0.2, -0.15) is 0 Å². The van der Waals surface area contributed by atoms with E-state index in [2.05, 4.69) is 17.1 Å². The van der Waals surface area contributed by atoms with Gasteiger partial charge in [0.1, 0.15) is 5.75 Å². The van der Waals surface area contributed by atoms with Crippen LogP contribution in [0.25, 0.3) is 0 Å². The fourth-order valence-corrected chi connectivity index (χ4v) is 2.77. The van der Waals surface area contributed by atoms with E-state index in [9.17, 15) is 5.11 Å². The summed E-state index contributed by atoms with van der Waals surface area (Å²) in [5.41, 5.74) is 3.27. The molecule has 0 radical (unpaired) electrons. The molecule has 0 fully saturated rings. The van der Waals surface area contributed by atoms with Crippen molar-refractivity contribution in [2.75, 3.05) is 6.61 Å². The Morgan fingerprint density at radius 2 is 2.15 bits per heavy atom. The topological polar surface area (TPSA) is 42.4 Å². The van der Waals surface area contributed by atoms with Gasteiger partial charge in [0.2, 0.25) is 0 Å². The van der Waals surface area contributed by atoms with E-state index in [-0.39, 0.29) is 6.61 Å². The van der Waals surface area contributed by atoms with Crippen LogP contribution in [0.5, 0.6) is 5.75 Å². The second-order valence-electron chi connectivity index (χ2n) is 5.33. The lowest BCUT2D eigenvalue weighted by molar-refractivity contribution is 0.281. The number of hydrogen-bond acceptors (Lipinski definition) is 3. The van der Waals surface area contributed by atoms with Gasteiger partial charge in [0.05, 0.1) is 13.2 Å². The van der Waals surface area contributed by atoms with Gasteiger partial charge in [0.25, 0.3) is 0 Å². The number of para-hydroxylation sites is 1. The first-order chi connectivity index (χ1) is 9.85. The van der Waals surface area contributed by atoms with E-state index in [1.807, 2.05) is 24.3 Å². The van der Waals surface area contributed by atoms with Crippen molar-refractivity contribution < 1.29 is 9.84 Å². The van der Waals surface area contributed by atoms with E-state index in [4.69, 9.17) is 4.74 Å². The van der Waals surface area contributed by atoms with Gasteiger partial charge in [-0.1, -0.05) is 18.2 Å². The molecule has 0 spiro atoms. The number of nitrogens with zero attached hydrogens (tertiary/aromatic N) is 1. The summed E-state index contributed by atoms with van der Waals surface area (Å²) in [6.07, 6.45) is 4.79. The summed E-state index contributed by atoms with van der Waals surface area (Å²) in [4.78, 5) is 4.42. The van der Waals surface area contributed by atoms with Crippen molar-refractivity contribution in [3.8, 4) is 5.75 Å². The molecule has 0 unspecified atom stereocenters. The molecule has 1 atom stereocenters. The quantitative estimate of drug-likeness (QED) is 0.931. The summed E-state index contributed by atoms with van der Waals surface area (Å²) in [5.74, 6) is 1.56. The number of aromatic nitrogens is 1. The number of ether oxygens (including phenoxy) is 1. The number of fused-ring (bicyclic) bond motifs is 1. The fourth-order valence-electron chi connectivity index (χ4n) is 2.77. The van der Waals surface area contributed by atoms with Crippen LogP contribution in [0.1, 0.15) is 23.2 Å². The van der Waals surface area contributed by atoms with Crippen LogP contribution in [-0.2, 0) is 19.4 Å². The standard InChI is InChI=1S/C17H19NO2/c19-12-14-5-7-18-16(11-14)10-13-6-8-20-17-4-2-1-3-15(17)9-13/h1-5,7,11,13,19H,6,8-10,12H2/t13-/m1/s1. The second-order valence-corrected chi connectivity index (χ2v) is 5.33. The Balaban J connectivity index is 1.74. The predicted octanol–water partition coefficient (Wildman–Crippen LogP) is 2.76. The maximum Gasteiger partial charge on any atom is 0.122 e. The van der Waals surface area contributed by atoms with Crippen molar-refractivity contribution >= 4 is 0 Å². The molecule has 1 aliphatic heterocycles. The molecule has 2 heterocycles. The Hall–Kier alpha value is -1.87. The molecule has 3 rings (SSSR count). The normalized spacial score (nSPS) is 17.9. The Kier molecular flexibility index (Phi) is 3.97. The smallest absolute Gasteiger partial charge is 0.122 e. The van der Waals surface area contributed by atoms with Crippen LogP contribution in [0.2, 0.25) is 0 Å². The third kappa shape index (κ3) is 2.99. The largest absolute Gasteiger partial charge is 0.493 e. The van der Waals surface area contributed by atoms with E-state index in [1.54, 1.807) is 6.20 Å². The van der Waals surface area contributed by atoms with Gasteiger partial charge in [0, 0.05) is 11.9 Å². The monoisotopic (exact) mass is 269 g/mol. The number of pyridine rings is 1. The summed E-state index contributed by atoms with van der Waals surface area (Å²) < 4.78 is 5.80. The Bertz CT molecular complexity index is 583. The first-order valence-electron chi connectivity index (χ1n) is 7.10. The van der Waals surface area contributed by atoms with Crippen LogP contribution < -0.4 is 4.74 Å². The first-order valence-corrected chi connectivity index (χ1v) is 7.10. The zero-order chi connectivity index (χ0) is 13.8. The number of hydrogen-bond donors (Lipinski definition) is 1. The van der Waals surface area contributed by atoms with Crippen LogP contribution in [0.4, 0.5) is 0 Å². The number of aliphatic hydroxyl groups excluding tert-OH is 1. The van der Waals surface area contributed by atoms with Crippen LogP contribution in [-0.4, -0.2) is 16.7 Å². The molecule has 0 aliphatic carbocycles. The number of rotatable bonds is 3. The molecule has 1 aromatic heterocycles. The van der Waals surface area contributed by atoms with E-state index >= 15 is 0 Å². The van der Waals surface area contributed by atoms with Crippen LogP contribution in [0.3, 0.4) is 0 Å². The highest BCUT2D eigenvalue weighted by Gasteiger charge is 2.18. The molecule has 0 amide bonds. The van der Waals surface area contributed by atoms with E-state index < -0.39 is 0 Å². The number of benzene rings is 1. The lowest BCUT2D eigenvalue weighted by atomic mass is 9.92. The highest BCUT2D eigenvalue weighted by atomic mass is 16.5. The van der Waals surface area contributed by atoms with Crippen molar-refractivity contribution in [1.29, 1.82) is 0 Å². The van der Waals surface area contributed by atoms with Crippen molar-refractivity contribution in [3.05, 3.63) is 59.4 Å². The lowest BCUT2D eigenvalue weighted by Crippen LogP contribution is -2.10. The molecule has 3 nitrogen and oxygen atoms in total. The maximum atomic E-state index is 9.20. The highest BCUT2D eigenvalue weighted by molar-refractivity contribution is 5.34. The molecular weight excluding hydrogens is 250 g/mol. The highest BCUT2D eigenvalue weighted by Crippen LogP contribution is 2.28. The van der Waals surface area contributed by atoms with E-state index in [0.29, 0.717) is 5.92 Å². The summed E-state index contributed by atoms with van der Waals surface area (Å²) in [7, 11) is 0. The minimum Gasteiger partial charge on any atom is -0.493 e. The third-order valence-corrected chi connectivity index (χ3v) is 3.83. The molecule has 1 N–H and O–H groups in total. The molecule has 1 aliphatic rings. The lowest BCUT2D eigenvalue weighted by Gasteiger charge is -2.13. The van der Waals surface area contributed by atoms with Gasteiger partial charge in [-0.3, -0.25) is 4.98 Å². The molecule has 2 aromatic rings. The van der Waals surface area contributed by atoms with E-state index in [1.165, 1.54) is 5.56 Å². The van der Waals surface area contributed by atoms with Crippen molar-refractivity contribution in [1.82, 2.24) is 4.98 Å². The van der Waals surface area contributed by atoms with Crippen molar-refractivity contribution in [2.45, 2.75) is 25.9 Å². The maximum absolute atomic E-state index is 9.20. The first kappa shape index (κ1) is 13.1. The van der Waals surface area contributed by atoms with Crippen molar-refractivity contribution in [2.24, 2.45) is 5.92 Å². The Labute approximate surface area is 119 Å². The van der Waals surface area contributed by atoms with Gasteiger partial charge >= 0.3 is 0 Å². The zero-order valence-electron chi connectivity index (χ0n) is 11.5. The second kappa shape index (κ2) is 6.06. The zero-order valence-corrected chi connectivity index (χ0v) is 11.5. The van der Waals surface area contributed by atoms with Gasteiger partial charge in [-0.15, -0.1) is 0 Å². The van der Waals surface area contributed by atoms with Crippen LogP contribution in [0.15, 0.2) is 42.6 Å². The van der Waals surface area contributed by atoms with Crippen LogP contribution in [0, 0.1) is 5.92 Å². The molecular formula is C17H19NO2. The molecule has 0 bridgehead atoms. The third-order valence-electron chi connectivity index (χ3n) is 3.83. The molecule has 0 saturated carbocycles. The minimum absolute atomic E-state index is 0.0755. The van der Waals surface area contributed by atoms with Gasteiger partial charge in [-0.25, -0.2) is 0 Å². The van der Waals surface area contributed by atoms with Gasteiger partial charge in [0.15, 0.2) is 0 Å². The number of aliphatic hydroxyl groups is 1. The molecule has 3 heteroatoms. The molecule has 104 valence electrons. The summed E-state index contributed by atoms with van der Waals surface area (Å²) >= 11 is 0. The Morgan fingerprint density at radius 1 is 1.25 bits per heavy atom. The average molecular weight is 269 g/mol. The van der Waals surface area contributed by atoms with Gasteiger partial charge < -0.3 is 9.84 Å². The Morgan fingerprint density at radius 3 is 3.05 bits per heavy atom. The summed E-state index contributed by atoms with van der Waals surface area (Å²) in [6.45, 7) is 0.841. The molecule has 20 heavy (non-hydrogen) atoms. The van der Waals surface area contributed by atoms with Crippen molar-refractivity contribution in [3.63, 3.8) is 0 Å².